The number of amides is 2. The van der Waals surface area contributed by atoms with Crippen LogP contribution in [0.15, 0.2) is 42.6 Å². The number of aromatic nitrogens is 2. The van der Waals surface area contributed by atoms with Gasteiger partial charge in [0.2, 0.25) is 0 Å². The molecule has 0 bridgehead atoms. The molecule has 4 rings (SSSR count). The maximum atomic E-state index is 13.0. The van der Waals surface area contributed by atoms with Crippen LogP contribution in [0.2, 0.25) is 5.02 Å². The zero-order chi connectivity index (χ0) is 19.1. The lowest BCUT2D eigenvalue weighted by molar-refractivity contribution is -0.130. The molecule has 1 aromatic carbocycles. The summed E-state index contributed by atoms with van der Waals surface area (Å²) < 4.78 is 1.75. The van der Waals surface area contributed by atoms with Crippen LogP contribution >= 0.6 is 23.4 Å². The molecule has 1 unspecified atom stereocenters. The smallest absolute Gasteiger partial charge is 0.288 e. The van der Waals surface area contributed by atoms with Gasteiger partial charge in [-0.15, -0.1) is 11.8 Å². The van der Waals surface area contributed by atoms with E-state index in [0.717, 1.165) is 16.8 Å². The van der Waals surface area contributed by atoms with Crippen LogP contribution in [0, 0.1) is 13.8 Å². The normalized spacial score (nSPS) is 16.9. The van der Waals surface area contributed by atoms with E-state index in [1.54, 1.807) is 29.7 Å². The first-order valence-electron chi connectivity index (χ1n) is 8.40. The van der Waals surface area contributed by atoms with Crippen LogP contribution in [0.3, 0.4) is 0 Å². The van der Waals surface area contributed by atoms with Crippen molar-refractivity contribution in [1.29, 1.82) is 0 Å². The van der Waals surface area contributed by atoms with E-state index in [1.807, 2.05) is 31.2 Å². The monoisotopic (exact) mass is 400 g/mol. The van der Waals surface area contributed by atoms with Gasteiger partial charge in [0.1, 0.15) is 16.7 Å². The van der Waals surface area contributed by atoms with Crippen LogP contribution in [-0.4, -0.2) is 32.0 Å². The lowest BCUT2D eigenvalue weighted by Crippen LogP contribution is -2.45. The second-order valence-electron chi connectivity index (χ2n) is 6.35. The number of thioether (sulfide) groups is 1. The molecule has 0 aliphatic carbocycles. The van der Waals surface area contributed by atoms with Gasteiger partial charge in [0, 0.05) is 11.2 Å². The minimum atomic E-state index is -0.361. The van der Waals surface area contributed by atoms with Gasteiger partial charge in [-0.3, -0.25) is 19.4 Å². The number of nitrogens with one attached hydrogen (secondary N) is 1. The Morgan fingerprint density at radius 3 is 2.74 bits per heavy atom. The van der Waals surface area contributed by atoms with Crippen molar-refractivity contribution in [3.63, 3.8) is 0 Å². The van der Waals surface area contributed by atoms with Crippen LogP contribution in [0.5, 0.6) is 0 Å². The first-order chi connectivity index (χ1) is 13.0. The summed E-state index contributed by atoms with van der Waals surface area (Å²) in [7, 11) is 0. The Morgan fingerprint density at radius 1 is 1.26 bits per heavy atom. The molecule has 2 aromatic heterocycles. The van der Waals surface area contributed by atoms with Gasteiger partial charge < -0.3 is 0 Å². The van der Waals surface area contributed by atoms with E-state index in [-0.39, 0.29) is 17.2 Å². The largest absolute Gasteiger partial charge is 0.295 e. The van der Waals surface area contributed by atoms with E-state index < -0.39 is 0 Å². The van der Waals surface area contributed by atoms with Crippen LogP contribution in [0.4, 0.5) is 0 Å². The molecule has 1 atom stereocenters. The third-order valence-corrected chi connectivity index (χ3v) is 5.94. The minimum absolute atomic E-state index is 0.143. The van der Waals surface area contributed by atoms with Gasteiger partial charge in [-0.2, -0.15) is 0 Å². The number of halogens is 1. The van der Waals surface area contributed by atoms with Crippen molar-refractivity contribution in [2.24, 2.45) is 0 Å². The number of benzene rings is 1. The molecular weight excluding hydrogens is 384 g/mol. The summed E-state index contributed by atoms with van der Waals surface area (Å²) >= 11 is 7.42. The molecule has 2 amide bonds. The number of carbonyl (C=O) groups is 2. The number of hydrogen-bond donors (Lipinski definition) is 1. The van der Waals surface area contributed by atoms with E-state index >= 15 is 0 Å². The third-order valence-electron chi connectivity index (χ3n) is 4.48. The molecule has 27 heavy (non-hydrogen) atoms. The fourth-order valence-corrected chi connectivity index (χ4v) is 4.41. The van der Waals surface area contributed by atoms with E-state index in [2.05, 4.69) is 10.4 Å². The molecule has 1 N–H and O–H groups in total. The maximum absolute atomic E-state index is 13.0. The van der Waals surface area contributed by atoms with Crippen molar-refractivity contribution in [3.8, 4) is 0 Å². The van der Waals surface area contributed by atoms with E-state index in [1.165, 1.54) is 16.8 Å². The van der Waals surface area contributed by atoms with Gasteiger partial charge in [-0.25, -0.2) is 9.99 Å². The standard InChI is InChI=1S/C19H17ClN4O2S/c1-11-4-3-9-23-16(12(2)21-17(11)23)18(26)22-24-15(25)10-27-19(24)13-5-7-14(20)8-6-13/h3-9,19H,10H2,1-2H3,(H,22,26). The first-order valence-corrected chi connectivity index (χ1v) is 9.83. The number of pyridine rings is 1. The van der Waals surface area contributed by atoms with E-state index in [4.69, 9.17) is 11.6 Å². The van der Waals surface area contributed by atoms with E-state index in [9.17, 15) is 9.59 Å². The van der Waals surface area contributed by atoms with Crippen LogP contribution in [0.25, 0.3) is 5.65 Å². The first kappa shape index (κ1) is 17.9. The average molecular weight is 401 g/mol. The molecule has 1 aliphatic rings. The van der Waals surface area contributed by atoms with Crippen molar-refractivity contribution in [2.75, 3.05) is 5.75 Å². The zero-order valence-corrected chi connectivity index (χ0v) is 16.3. The third kappa shape index (κ3) is 3.17. The molecule has 6 nitrogen and oxygen atoms in total. The van der Waals surface area contributed by atoms with E-state index in [0.29, 0.717) is 22.2 Å². The summed E-state index contributed by atoms with van der Waals surface area (Å²) in [6.07, 6.45) is 1.80. The number of carbonyl (C=O) groups excluding carboxylic acids is 2. The number of fused-ring (bicyclic) bond motifs is 1. The van der Waals surface area contributed by atoms with Gasteiger partial charge >= 0.3 is 0 Å². The summed E-state index contributed by atoms with van der Waals surface area (Å²) in [5.41, 5.74) is 6.43. The van der Waals surface area contributed by atoms with Crippen molar-refractivity contribution < 1.29 is 9.59 Å². The Kier molecular flexibility index (Phi) is 4.57. The van der Waals surface area contributed by atoms with Gasteiger partial charge in [0.05, 0.1) is 11.4 Å². The lowest BCUT2D eigenvalue weighted by atomic mass is 10.2. The number of imidazole rings is 1. The number of rotatable bonds is 3. The van der Waals surface area contributed by atoms with Gasteiger partial charge in [-0.05, 0) is 43.2 Å². The Bertz CT molecular complexity index is 1050. The SMILES string of the molecule is Cc1nc2c(C)cccn2c1C(=O)NN1C(=O)CSC1c1ccc(Cl)cc1. The second kappa shape index (κ2) is 6.90. The van der Waals surface area contributed by atoms with Crippen LogP contribution in [0.1, 0.15) is 32.7 Å². The Balaban J connectivity index is 1.65. The van der Waals surface area contributed by atoms with Crippen molar-refractivity contribution in [2.45, 2.75) is 19.2 Å². The zero-order valence-electron chi connectivity index (χ0n) is 14.8. The molecule has 3 aromatic rings. The highest BCUT2D eigenvalue weighted by Gasteiger charge is 2.35. The highest BCUT2D eigenvalue weighted by molar-refractivity contribution is 8.00. The fraction of sp³-hybridized carbons (Fsp3) is 0.211. The summed E-state index contributed by atoms with van der Waals surface area (Å²) in [6, 6.07) is 11.1. The predicted octanol–water partition coefficient (Wildman–Crippen LogP) is 3.52. The molecule has 0 spiro atoms. The fourth-order valence-electron chi connectivity index (χ4n) is 3.17. The molecular formula is C19H17ClN4O2S. The van der Waals surface area contributed by atoms with Gasteiger partial charge in [0.15, 0.2) is 0 Å². The number of hydrogen-bond acceptors (Lipinski definition) is 4. The van der Waals surface area contributed by atoms with Crippen LogP contribution in [-0.2, 0) is 4.79 Å². The molecule has 8 heteroatoms. The highest BCUT2D eigenvalue weighted by Crippen LogP contribution is 2.37. The molecule has 3 heterocycles. The summed E-state index contributed by atoms with van der Waals surface area (Å²) in [5, 5.41) is 1.73. The van der Waals surface area contributed by atoms with Crippen molar-refractivity contribution >= 4 is 40.8 Å². The van der Waals surface area contributed by atoms with Crippen LogP contribution < -0.4 is 5.43 Å². The van der Waals surface area contributed by atoms with Gasteiger partial charge in [-0.1, -0.05) is 29.8 Å². The van der Waals surface area contributed by atoms with Crippen molar-refractivity contribution in [3.05, 3.63) is 70.1 Å². The molecule has 1 fully saturated rings. The summed E-state index contributed by atoms with van der Waals surface area (Å²) in [5.74, 6) is -0.199. The second-order valence-corrected chi connectivity index (χ2v) is 7.86. The van der Waals surface area contributed by atoms with Gasteiger partial charge in [0.25, 0.3) is 11.8 Å². The highest BCUT2D eigenvalue weighted by atomic mass is 35.5. The number of hydrazine groups is 1. The quantitative estimate of drug-likeness (QED) is 0.730. The van der Waals surface area contributed by atoms with Crippen molar-refractivity contribution in [1.82, 2.24) is 19.8 Å². The number of aryl methyl sites for hydroxylation is 2. The molecule has 0 radical (unpaired) electrons. The minimum Gasteiger partial charge on any atom is -0.295 e. The Hall–Kier alpha value is -2.51. The molecule has 1 aliphatic heterocycles. The summed E-state index contributed by atoms with van der Waals surface area (Å²) in [6.45, 7) is 3.74. The number of nitrogens with zero attached hydrogens (tertiary/aromatic N) is 3. The summed E-state index contributed by atoms with van der Waals surface area (Å²) in [4.78, 5) is 29.9. The Morgan fingerprint density at radius 2 is 2.00 bits per heavy atom. The molecule has 0 saturated carbocycles. The lowest BCUT2D eigenvalue weighted by Gasteiger charge is -2.24. The maximum Gasteiger partial charge on any atom is 0.288 e. The Labute approximate surface area is 165 Å². The molecule has 1 saturated heterocycles. The predicted molar refractivity (Wildman–Crippen MR) is 106 cm³/mol. The average Bonchev–Trinajstić information content (AvgIpc) is 3.17. The molecule has 138 valence electrons. The topological polar surface area (TPSA) is 66.7 Å².